The zero-order valence-electron chi connectivity index (χ0n) is 6.03. The van der Waals surface area contributed by atoms with E-state index in [0.717, 1.165) is 6.92 Å². The number of hydrogen-bond acceptors (Lipinski definition) is 3. The zero-order chi connectivity index (χ0) is 8.36. The van der Waals surface area contributed by atoms with E-state index in [4.69, 9.17) is 15.3 Å². The van der Waals surface area contributed by atoms with Gasteiger partial charge in [0.15, 0.2) is 5.60 Å². The smallest absolute Gasteiger partial charge is 0.338 e. The minimum Gasteiger partial charge on any atom is -0.479 e. The molecule has 60 valence electrons. The molecule has 0 aromatic carbocycles. The van der Waals surface area contributed by atoms with Gasteiger partial charge >= 0.3 is 5.97 Å². The van der Waals surface area contributed by atoms with Crippen molar-refractivity contribution in [3.63, 3.8) is 0 Å². The van der Waals surface area contributed by atoms with Crippen molar-refractivity contribution in [3.8, 4) is 0 Å². The molecule has 0 saturated heterocycles. The molecule has 0 aromatic heterocycles. The van der Waals surface area contributed by atoms with Crippen molar-refractivity contribution >= 4 is 5.97 Å². The third kappa shape index (κ3) is 1.68. The first-order valence-corrected chi connectivity index (χ1v) is 3.06. The van der Waals surface area contributed by atoms with Crippen molar-refractivity contribution in [2.24, 2.45) is 0 Å². The molecule has 0 aliphatic heterocycles. The van der Waals surface area contributed by atoms with Crippen LogP contribution in [0.15, 0.2) is 0 Å². The highest BCUT2D eigenvalue weighted by Gasteiger charge is 2.36. The number of aliphatic hydroxyl groups excluding tert-OH is 1. The van der Waals surface area contributed by atoms with E-state index in [1.807, 2.05) is 0 Å². The summed E-state index contributed by atoms with van der Waals surface area (Å²) in [5, 5.41) is 26.3. The summed E-state index contributed by atoms with van der Waals surface area (Å²) in [5.41, 5.74) is -2.02. The van der Waals surface area contributed by atoms with E-state index in [2.05, 4.69) is 0 Å². The molecule has 0 fully saturated rings. The van der Waals surface area contributed by atoms with Crippen molar-refractivity contribution in [1.29, 1.82) is 0 Å². The maximum absolute atomic E-state index is 10.2. The van der Waals surface area contributed by atoms with E-state index >= 15 is 0 Å². The van der Waals surface area contributed by atoms with Crippen molar-refractivity contribution in [2.75, 3.05) is 0 Å². The summed E-state index contributed by atoms with van der Waals surface area (Å²) < 4.78 is 0. The van der Waals surface area contributed by atoms with Crippen LogP contribution in [0.2, 0.25) is 0 Å². The topological polar surface area (TPSA) is 77.8 Å². The van der Waals surface area contributed by atoms with E-state index in [1.165, 1.54) is 0 Å². The molecule has 0 unspecified atom stereocenters. The van der Waals surface area contributed by atoms with Gasteiger partial charge in [0.1, 0.15) is 0 Å². The summed E-state index contributed by atoms with van der Waals surface area (Å²) in [7, 11) is 0. The van der Waals surface area contributed by atoms with E-state index < -0.39 is 17.7 Å². The van der Waals surface area contributed by atoms with E-state index in [1.54, 1.807) is 6.92 Å². The van der Waals surface area contributed by atoms with Crippen molar-refractivity contribution < 1.29 is 20.1 Å². The second-order valence-electron chi connectivity index (χ2n) is 2.38. The van der Waals surface area contributed by atoms with Gasteiger partial charge < -0.3 is 15.3 Å². The average molecular weight is 148 g/mol. The molecular formula is C6H12O4. The first-order valence-electron chi connectivity index (χ1n) is 3.06. The maximum Gasteiger partial charge on any atom is 0.338 e. The number of aliphatic carboxylic acids is 1. The minimum atomic E-state index is -2.02. The molecule has 0 aliphatic rings. The summed E-state index contributed by atoms with van der Waals surface area (Å²) in [5.74, 6) is -1.40. The summed E-state index contributed by atoms with van der Waals surface area (Å²) >= 11 is 0. The second kappa shape index (κ2) is 2.98. The van der Waals surface area contributed by atoms with Crippen LogP contribution in [0.3, 0.4) is 0 Å². The van der Waals surface area contributed by atoms with Gasteiger partial charge in [-0.05, 0) is 13.3 Å². The first-order chi connectivity index (χ1) is 4.42. The van der Waals surface area contributed by atoms with Gasteiger partial charge in [0.2, 0.25) is 0 Å². The van der Waals surface area contributed by atoms with Crippen LogP contribution in [0.1, 0.15) is 20.3 Å². The van der Waals surface area contributed by atoms with Gasteiger partial charge in [0, 0.05) is 0 Å². The second-order valence-corrected chi connectivity index (χ2v) is 2.38. The van der Waals surface area contributed by atoms with E-state index in [0.29, 0.717) is 0 Å². The predicted octanol–water partition coefficient (Wildman–Crippen LogP) is -0.407. The Hall–Kier alpha value is -0.610. The van der Waals surface area contributed by atoms with Crippen molar-refractivity contribution in [1.82, 2.24) is 0 Å². The average Bonchev–Trinajstić information content (AvgIpc) is 1.86. The van der Waals surface area contributed by atoms with Gasteiger partial charge in [-0.1, -0.05) is 6.92 Å². The molecule has 0 heterocycles. The fourth-order valence-electron chi connectivity index (χ4n) is 0.540. The number of carboxylic acid groups (broad SMARTS) is 1. The predicted molar refractivity (Wildman–Crippen MR) is 34.6 cm³/mol. The highest BCUT2D eigenvalue weighted by atomic mass is 16.4. The number of carbonyl (C=O) groups is 1. The Morgan fingerprint density at radius 3 is 2.20 bits per heavy atom. The minimum absolute atomic E-state index is 0.222. The van der Waals surface area contributed by atoms with Crippen molar-refractivity contribution in [2.45, 2.75) is 32.0 Å². The molecule has 4 nitrogen and oxygen atoms in total. The Labute approximate surface area is 59.1 Å². The Morgan fingerprint density at radius 1 is 1.70 bits per heavy atom. The molecule has 0 amide bonds. The molecule has 10 heavy (non-hydrogen) atoms. The summed E-state index contributed by atoms with van der Waals surface area (Å²) in [6.07, 6.45) is -0.982. The Morgan fingerprint density at radius 2 is 2.10 bits per heavy atom. The van der Waals surface area contributed by atoms with Gasteiger partial charge in [0.25, 0.3) is 0 Å². The van der Waals surface area contributed by atoms with Gasteiger partial charge in [-0.15, -0.1) is 0 Å². The molecule has 0 spiro atoms. The third-order valence-electron chi connectivity index (χ3n) is 1.47. The first kappa shape index (κ1) is 9.39. The lowest BCUT2D eigenvalue weighted by Gasteiger charge is -2.22. The molecule has 0 saturated carbocycles. The highest BCUT2D eigenvalue weighted by Crippen LogP contribution is 2.12. The molecule has 3 N–H and O–H groups in total. The van der Waals surface area contributed by atoms with Crippen LogP contribution in [0.4, 0.5) is 0 Å². The van der Waals surface area contributed by atoms with E-state index in [9.17, 15) is 4.79 Å². The summed E-state index contributed by atoms with van der Waals surface area (Å²) in [6.45, 7) is 2.67. The van der Waals surface area contributed by atoms with Crippen LogP contribution in [0.25, 0.3) is 0 Å². The largest absolute Gasteiger partial charge is 0.479 e. The zero-order valence-corrected chi connectivity index (χ0v) is 6.03. The van der Waals surface area contributed by atoms with Crippen molar-refractivity contribution in [3.05, 3.63) is 0 Å². The lowest BCUT2D eigenvalue weighted by Crippen LogP contribution is -2.46. The maximum atomic E-state index is 10.2. The lowest BCUT2D eigenvalue weighted by atomic mass is 9.98. The number of carboxylic acids is 1. The highest BCUT2D eigenvalue weighted by molar-refractivity contribution is 5.77. The molecule has 2 atom stereocenters. The Kier molecular flexibility index (Phi) is 2.80. The van der Waals surface area contributed by atoms with Gasteiger partial charge in [-0.25, -0.2) is 4.79 Å². The van der Waals surface area contributed by atoms with E-state index in [-0.39, 0.29) is 6.42 Å². The molecule has 0 radical (unpaired) electrons. The SMILES string of the molecule is CC[C@@H](O)[C@@](C)(O)C(=O)O. The summed E-state index contributed by atoms with van der Waals surface area (Å²) in [6, 6.07) is 0. The third-order valence-corrected chi connectivity index (χ3v) is 1.47. The molecule has 0 aliphatic carbocycles. The summed E-state index contributed by atoms with van der Waals surface area (Å²) in [4.78, 5) is 10.2. The molecule has 0 aromatic rings. The van der Waals surface area contributed by atoms with Crippen LogP contribution in [-0.2, 0) is 4.79 Å². The Bertz CT molecular complexity index is 130. The van der Waals surface area contributed by atoms with Crippen LogP contribution < -0.4 is 0 Å². The number of hydrogen-bond donors (Lipinski definition) is 3. The standard InChI is InChI=1S/C6H12O4/c1-3-4(7)6(2,10)5(8)9/h4,7,10H,3H2,1-2H3,(H,8,9)/t4-,6-/m1/s1. The number of rotatable bonds is 3. The molecular weight excluding hydrogens is 136 g/mol. The van der Waals surface area contributed by atoms with Crippen LogP contribution in [0, 0.1) is 0 Å². The fraction of sp³-hybridized carbons (Fsp3) is 0.833. The molecule has 4 heteroatoms. The van der Waals surface area contributed by atoms with Crippen LogP contribution in [0.5, 0.6) is 0 Å². The molecule has 0 rings (SSSR count). The van der Waals surface area contributed by atoms with Crippen LogP contribution in [-0.4, -0.2) is 33.0 Å². The fourth-order valence-corrected chi connectivity index (χ4v) is 0.540. The lowest BCUT2D eigenvalue weighted by molar-refractivity contribution is -0.168. The van der Waals surface area contributed by atoms with Gasteiger partial charge in [0.05, 0.1) is 6.10 Å². The van der Waals surface area contributed by atoms with Gasteiger partial charge in [-0.2, -0.15) is 0 Å². The quantitative estimate of drug-likeness (QED) is 0.508. The molecule has 0 bridgehead atoms. The number of aliphatic hydroxyl groups is 2. The Balaban J connectivity index is 4.23. The monoisotopic (exact) mass is 148 g/mol. The van der Waals surface area contributed by atoms with Gasteiger partial charge in [-0.3, -0.25) is 0 Å². The normalized spacial score (nSPS) is 19.6. The van der Waals surface area contributed by atoms with Crippen LogP contribution >= 0.6 is 0 Å².